The fourth-order valence-corrected chi connectivity index (χ4v) is 5.79. The fourth-order valence-electron chi connectivity index (χ4n) is 5.79. The lowest BCUT2D eigenvalue weighted by Gasteiger charge is -2.57. The minimum Gasteiger partial charge on any atom is -0.299 e. The Kier molecular flexibility index (Phi) is 3.99. The normalized spacial score (nSPS) is 43.0. The van der Waals surface area contributed by atoms with E-state index in [1.54, 1.807) is 6.92 Å². The molecule has 3 heteroatoms. The predicted octanol–water partition coefficient (Wildman–Crippen LogP) is 4.23. The molecule has 3 rings (SSSR count). The van der Waals surface area contributed by atoms with Crippen LogP contribution in [0.2, 0.25) is 0 Å². The number of carbonyl (C=O) groups excluding carboxylic acids is 2. The number of nitriles is 1. The van der Waals surface area contributed by atoms with E-state index in [-0.39, 0.29) is 28.3 Å². The summed E-state index contributed by atoms with van der Waals surface area (Å²) < 4.78 is 0. The second-order valence-corrected chi connectivity index (χ2v) is 8.34. The lowest BCUT2D eigenvalue weighted by Crippen LogP contribution is -2.52. The first-order valence-electron chi connectivity index (χ1n) is 8.95. The summed E-state index contributed by atoms with van der Waals surface area (Å²) in [7, 11) is 0. The van der Waals surface area contributed by atoms with Gasteiger partial charge in [0.2, 0.25) is 0 Å². The number of Topliss-reactive ketones (excluding diaryl/α,β-unsaturated/α-hetero) is 1. The highest BCUT2D eigenvalue weighted by Crippen LogP contribution is 2.62. The average Bonchev–Trinajstić information content (AvgIpc) is 2.50. The molecule has 23 heavy (non-hydrogen) atoms. The second-order valence-electron chi connectivity index (χ2n) is 8.34. The highest BCUT2D eigenvalue weighted by atomic mass is 16.1. The smallest absolute Gasteiger partial charge is 0.155 e. The lowest BCUT2D eigenvalue weighted by atomic mass is 9.46. The van der Waals surface area contributed by atoms with Crippen molar-refractivity contribution in [2.75, 3.05) is 0 Å². The van der Waals surface area contributed by atoms with Crippen molar-refractivity contribution in [3.63, 3.8) is 0 Å². The summed E-state index contributed by atoms with van der Waals surface area (Å²) in [6, 6.07) is 2.35. The Hall–Kier alpha value is -1.43. The number of ketones is 2. The lowest BCUT2D eigenvalue weighted by molar-refractivity contribution is -0.138. The largest absolute Gasteiger partial charge is 0.299 e. The summed E-state index contributed by atoms with van der Waals surface area (Å²) in [5, 5.41) is 9.34. The molecular formula is C20H27NO2. The van der Waals surface area contributed by atoms with Gasteiger partial charge in [-0.3, -0.25) is 9.59 Å². The molecule has 0 aromatic rings. The molecule has 2 saturated carbocycles. The topological polar surface area (TPSA) is 57.9 Å². The number of rotatable bonds is 2. The van der Waals surface area contributed by atoms with Crippen LogP contribution in [0.25, 0.3) is 0 Å². The molecule has 0 heterocycles. The molecule has 124 valence electrons. The molecule has 0 aromatic carbocycles. The van der Waals surface area contributed by atoms with E-state index in [0.717, 1.165) is 32.1 Å². The van der Waals surface area contributed by atoms with Gasteiger partial charge in [-0.15, -0.1) is 0 Å². The molecule has 0 spiro atoms. The van der Waals surface area contributed by atoms with Crippen molar-refractivity contribution >= 4 is 11.6 Å². The average molecular weight is 313 g/mol. The van der Waals surface area contributed by atoms with Gasteiger partial charge in [-0.25, -0.2) is 0 Å². The Labute approximate surface area is 139 Å². The van der Waals surface area contributed by atoms with E-state index in [1.165, 1.54) is 5.57 Å². The first-order chi connectivity index (χ1) is 10.8. The maximum Gasteiger partial charge on any atom is 0.155 e. The van der Waals surface area contributed by atoms with Gasteiger partial charge >= 0.3 is 0 Å². The van der Waals surface area contributed by atoms with Crippen LogP contribution in [-0.2, 0) is 9.59 Å². The van der Waals surface area contributed by atoms with Gasteiger partial charge in [0, 0.05) is 18.3 Å². The first kappa shape index (κ1) is 16.4. The zero-order valence-corrected chi connectivity index (χ0v) is 14.5. The molecule has 2 fully saturated rings. The molecule has 3 unspecified atom stereocenters. The third kappa shape index (κ3) is 2.38. The van der Waals surface area contributed by atoms with Crippen LogP contribution in [0.3, 0.4) is 0 Å². The molecule has 0 bridgehead atoms. The van der Waals surface area contributed by atoms with Crippen LogP contribution in [0.15, 0.2) is 11.6 Å². The van der Waals surface area contributed by atoms with Crippen LogP contribution in [0.5, 0.6) is 0 Å². The van der Waals surface area contributed by atoms with Crippen LogP contribution in [0.4, 0.5) is 0 Å². The zero-order valence-electron chi connectivity index (χ0n) is 14.5. The van der Waals surface area contributed by atoms with E-state index in [9.17, 15) is 14.9 Å². The van der Waals surface area contributed by atoms with Crippen molar-refractivity contribution in [1.29, 1.82) is 5.26 Å². The SMILES string of the molecule is CC(=O)[C@@]1(C)CCC2C(CCC3=CC(=O)CC[C@@]32C)C1CC#N. The highest BCUT2D eigenvalue weighted by molar-refractivity contribution is 5.91. The van der Waals surface area contributed by atoms with E-state index in [1.807, 2.05) is 6.08 Å². The van der Waals surface area contributed by atoms with Crippen molar-refractivity contribution in [2.24, 2.45) is 28.6 Å². The third-order valence-electron chi connectivity index (χ3n) is 7.47. The number of carbonyl (C=O) groups is 2. The number of hydrogen-bond donors (Lipinski definition) is 0. The monoisotopic (exact) mass is 313 g/mol. The van der Waals surface area contributed by atoms with E-state index < -0.39 is 0 Å². The molecule has 3 nitrogen and oxygen atoms in total. The van der Waals surface area contributed by atoms with E-state index in [2.05, 4.69) is 19.9 Å². The van der Waals surface area contributed by atoms with Crippen molar-refractivity contribution < 1.29 is 9.59 Å². The summed E-state index contributed by atoms with van der Waals surface area (Å²) in [4.78, 5) is 24.1. The molecular weight excluding hydrogens is 286 g/mol. The number of hydrogen-bond acceptors (Lipinski definition) is 3. The fraction of sp³-hybridized carbons (Fsp3) is 0.750. The third-order valence-corrected chi connectivity index (χ3v) is 7.47. The maximum absolute atomic E-state index is 12.3. The standard InChI is InChI=1S/C20H27NO2/c1-13(22)19(2)10-7-17-16(18(19)8-11-21)5-4-14-12-15(23)6-9-20(14,17)3/h12,16-18H,4-10H2,1-3H3/t16?,17?,18?,19-,20+/m1/s1. The Morgan fingerprint density at radius 2 is 2.04 bits per heavy atom. The minimum atomic E-state index is -0.348. The molecule has 3 aliphatic rings. The van der Waals surface area contributed by atoms with E-state index in [0.29, 0.717) is 24.7 Å². The van der Waals surface area contributed by atoms with Crippen molar-refractivity contribution in [1.82, 2.24) is 0 Å². The van der Waals surface area contributed by atoms with Crippen LogP contribution < -0.4 is 0 Å². The Balaban J connectivity index is 1.98. The van der Waals surface area contributed by atoms with Gasteiger partial charge in [0.25, 0.3) is 0 Å². The summed E-state index contributed by atoms with van der Waals surface area (Å²) in [5.74, 6) is 1.63. The van der Waals surface area contributed by atoms with Crippen molar-refractivity contribution in [3.8, 4) is 6.07 Å². The minimum absolute atomic E-state index is 0.0999. The maximum atomic E-state index is 12.3. The van der Waals surface area contributed by atoms with Gasteiger partial charge in [0.1, 0.15) is 5.78 Å². The molecule has 0 saturated heterocycles. The van der Waals surface area contributed by atoms with E-state index in [4.69, 9.17) is 0 Å². The summed E-state index contributed by atoms with van der Waals surface area (Å²) >= 11 is 0. The van der Waals surface area contributed by atoms with Gasteiger partial charge in [0.15, 0.2) is 5.78 Å². The number of allylic oxidation sites excluding steroid dienone is 2. The molecule has 3 aliphatic carbocycles. The highest BCUT2D eigenvalue weighted by Gasteiger charge is 2.56. The summed E-state index contributed by atoms with van der Waals surface area (Å²) in [6.07, 6.45) is 7.87. The van der Waals surface area contributed by atoms with Gasteiger partial charge in [-0.2, -0.15) is 5.26 Å². The van der Waals surface area contributed by atoms with Crippen molar-refractivity contribution in [3.05, 3.63) is 11.6 Å². The van der Waals surface area contributed by atoms with E-state index >= 15 is 0 Å². The molecule has 0 aromatic heterocycles. The second kappa shape index (κ2) is 5.58. The van der Waals surface area contributed by atoms with Gasteiger partial charge < -0.3 is 0 Å². The molecule has 5 atom stereocenters. The van der Waals surface area contributed by atoms with Crippen molar-refractivity contribution in [2.45, 2.75) is 65.7 Å². The Morgan fingerprint density at radius 3 is 2.70 bits per heavy atom. The quantitative estimate of drug-likeness (QED) is 0.766. The van der Waals surface area contributed by atoms with Crippen LogP contribution in [0.1, 0.15) is 65.7 Å². The van der Waals surface area contributed by atoms with Crippen LogP contribution in [0, 0.1) is 39.9 Å². The Bertz CT molecular complexity index is 614. The van der Waals surface area contributed by atoms with Gasteiger partial charge in [-0.1, -0.05) is 19.4 Å². The molecule has 0 N–H and O–H groups in total. The van der Waals surface area contributed by atoms with Crippen LogP contribution >= 0.6 is 0 Å². The first-order valence-corrected chi connectivity index (χ1v) is 8.95. The number of fused-ring (bicyclic) bond motifs is 3. The summed E-state index contributed by atoms with van der Waals surface area (Å²) in [6.45, 7) is 6.09. The number of nitrogens with zero attached hydrogens (tertiary/aromatic N) is 1. The summed E-state index contributed by atoms with van der Waals surface area (Å²) in [5.41, 5.74) is 1.08. The molecule has 0 radical (unpaired) electrons. The molecule has 0 amide bonds. The van der Waals surface area contributed by atoms with Gasteiger partial charge in [-0.05, 0) is 68.3 Å². The predicted molar refractivity (Wildman–Crippen MR) is 88.4 cm³/mol. The Morgan fingerprint density at radius 1 is 1.30 bits per heavy atom. The van der Waals surface area contributed by atoms with Gasteiger partial charge in [0.05, 0.1) is 6.07 Å². The zero-order chi connectivity index (χ0) is 16.8. The van der Waals surface area contributed by atoms with Crippen LogP contribution in [-0.4, -0.2) is 11.6 Å². The molecule has 0 aliphatic heterocycles.